The molecular formula is C10H8BrClN2. The summed E-state index contributed by atoms with van der Waals surface area (Å²) >= 11 is 9.55. The van der Waals surface area contributed by atoms with E-state index in [1.807, 2.05) is 12.1 Å². The van der Waals surface area contributed by atoms with Crippen LogP contribution in [-0.4, -0.2) is 9.55 Å². The second-order valence-corrected chi connectivity index (χ2v) is 4.87. The number of hydrogen-bond donors (Lipinski definition) is 0. The van der Waals surface area contributed by atoms with Crippen LogP contribution in [0.25, 0.3) is 11.0 Å². The Morgan fingerprint density at radius 1 is 1.43 bits per heavy atom. The quantitative estimate of drug-likeness (QED) is 0.771. The Labute approximate surface area is 95.0 Å². The zero-order valence-corrected chi connectivity index (χ0v) is 9.72. The van der Waals surface area contributed by atoms with Crippen LogP contribution >= 0.6 is 27.5 Å². The molecule has 1 saturated carbocycles. The second-order valence-electron chi connectivity index (χ2n) is 3.62. The largest absolute Gasteiger partial charge is 0.311 e. The van der Waals surface area contributed by atoms with Gasteiger partial charge in [0.1, 0.15) is 0 Å². The van der Waals surface area contributed by atoms with Gasteiger partial charge in [0.15, 0.2) is 0 Å². The van der Waals surface area contributed by atoms with Crippen molar-refractivity contribution >= 4 is 38.6 Å². The topological polar surface area (TPSA) is 17.8 Å². The van der Waals surface area contributed by atoms with E-state index in [0.29, 0.717) is 11.3 Å². The van der Waals surface area contributed by atoms with Crippen LogP contribution in [-0.2, 0) is 0 Å². The van der Waals surface area contributed by atoms with Gasteiger partial charge in [0.2, 0.25) is 5.28 Å². The summed E-state index contributed by atoms with van der Waals surface area (Å²) in [6, 6.07) is 6.63. The Hall–Kier alpha value is -0.540. The number of imidazole rings is 1. The standard InChI is InChI=1S/C10H8BrClN2/c11-6-1-4-8-9(5-6)14(7-2-3-7)10(12)13-8/h1,4-5,7H,2-3H2. The molecule has 1 aliphatic carbocycles. The lowest BCUT2D eigenvalue weighted by molar-refractivity contribution is 0.767. The maximum absolute atomic E-state index is 6.09. The molecule has 0 aliphatic heterocycles. The van der Waals surface area contributed by atoms with E-state index in [4.69, 9.17) is 11.6 Å². The molecular weight excluding hydrogens is 263 g/mol. The van der Waals surface area contributed by atoms with Crippen molar-refractivity contribution < 1.29 is 0 Å². The summed E-state index contributed by atoms with van der Waals surface area (Å²) in [6.45, 7) is 0. The molecule has 0 atom stereocenters. The molecule has 4 heteroatoms. The van der Waals surface area contributed by atoms with E-state index < -0.39 is 0 Å². The van der Waals surface area contributed by atoms with Gasteiger partial charge in [-0.2, -0.15) is 0 Å². The van der Waals surface area contributed by atoms with Crippen LogP contribution in [0.4, 0.5) is 0 Å². The van der Waals surface area contributed by atoms with Gasteiger partial charge >= 0.3 is 0 Å². The number of nitrogens with zero attached hydrogens (tertiary/aromatic N) is 2. The van der Waals surface area contributed by atoms with Crippen molar-refractivity contribution in [1.29, 1.82) is 0 Å². The highest BCUT2D eigenvalue weighted by molar-refractivity contribution is 9.10. The third-order valence-electron chi connectivity index (χ3n) is 2.52. The van der Waals surface area contributed by atoms with E-state index in [0.717, 1.165) is 15.5 Å². The monoisotopic (exact) mass is 270 g/mol. The van der Waals surface area contributed by atoms with Crippen molar-refractivity contribution in [2.24, 2.45) is 0 Å². The summed E-state index contributed by atoms with van der Waals surface area (Å²) in [4.78, 5) is 4.32. The molecule has 0 spiro atoms. The molecule has 2 aromatic rings. The van der Waals surface area contributed by atoms with Crippen LogP contribution in [0.1, 0.15) is 18.9 Å². The molecule has 14 heavy (non-hydrogen) atoms. The fourth-order valence-corrected chi connectivity index (χ4v) is 2.39. The third-order valence-corrected chi connectivity index (χ3v) is 3.28. The lowest BCUT2D eigenvalue weighted by atomic mass is 10.3. The Bertz CT molecular complexity index is 502. The Balaban J connectivity index is 2.34. The summed E-state index contributed by atoms with van der Waals surface area (Å²) in [6.07, 6.45) is 2.44. The predicted molar refractivity (Wildman–Crippen MR) is 60.7 cm³/mol. The van der Waals surface area contributed by atoms with Crippen LogP contribution in [0, 0.1) is 0 Å². The first-order valence-corrected chi connectivity index (χ1v) is 5.76. The van der Waals surface area contributed by atoms with Crippen LogP contribution < -0.4 is 0 Å². The molecule has 0 bridgehead atoms. The van der Waals surface area contributed by atoms with Gasteiger partial charge in [0.05, 0.1) is 11.0 Å². The fraction of sp³-hybridized carbons (Fsp3) is 0.300. The van der Waals surface area contributed by atoms with Crippen molar-refractivity contribution in [2.45, 2.75) is 18.9 Å². The van der Waals surface area contributed by atoms with Gasteiger partial charge in [-0.1, -0.05) is 15.9 Å². The van der Waals surface area contributed by atoms with E-state index >= 15 is 0 Å². The third kappa shape index (κ3) is 1.27. The number of rotatable bonds is 1. The number of fused-ring (bicyclic) bond motifs is 1. The molecule has 0 amide bonds. The number of benzene rings is 1. The van der Waals surface area contributed by atoms with E-state index in [-0.39, 0.29) is 0 Å². The fourth-order valence-electron chi connectivity index (χ4n) is 1.72. The van der Waals surface area contributed by atoms with Gasteiger partial charge in [0.25, 0.3) is 0 Å². The van der Waals surface area contributed by atoms with Crippen LogP contribution in [0.5, 0.6) is 0 Å². The van der Waals surface area contributed by atoms with Crippen LogP contribution in [0.15, 0.2) is 22.7 Å². The van der Waals surface area contributed by atoms with Gasteiger partial charge in [0, 0.05) is 10.5 Å². The van der Waals surface area contributed by atoms with E-state index in [2.05, 4.69) is 31.5 Å². The minimum Gasteiger partial charge on any atom is -0.311 e. The number of halogens is 2. The molecule has 1 fully saturated rings. The van der Waals surface area contributed by atoms with Crippen molar-refractivity contribution in [1.82, 2.24) is 9.55 Å². The zero-order valence-electron chi connectivity index (χ0n) is 7.37. The lowest BCUT2D eigenvalue weighted by Crippen LogP contribution is -1.92. The predicted octanol–water partition coefficient (Wildman–Crippen LogP) is 3.79. The summed E-state index contributed by atoms with van der Waals surface area (Å²) in [5.74, 6) is 0. The van der Waals surface area contributed by atoms with Crippen LogP contribution in [0.3, 0.4) is 0 Å². The molecule has 2 nitrogen and oxygen atoms in total. The molecule has 3 rings (SSSR count). The maximum Gasteiger partial charge on any atom is 0.204 e. The summed E-state index contributed by atoms with van der Waals surface area (Å²) in [7, 11) is 0. The normalized spacial score (nSPS) is 16.4. The minimum atomic E-state index is 0.571. The van der Waals surface area contributed by atoms with Gasteiger partial charge in [-0.3, -0.25) is 0 Å². The molecule has 1 aromatic carbocycles. The van der Waals surface area contributed by atoms with E-state index in [1.54, 1.807) is 0 Å². The van der Waals surface area contributed by atoms with Gasteiger partial charge in [-0.05, 0) is 42.6 Å². The smallest absolute Gasteiger partial charge is 0.204 e. The summed E-state index contributed by atoms with van der Waals surface area (Å²) in [5, 5.41) is 0.612. The highest BCUT2D eigenvalue weighted by Gasteiger charge is 2.27. The molecule has 0 radical (unpaired) electrons. The van der Waals surface area contributed by atoms with Crippen molar-refractivity contribution in [3.8, 4) is 0 Å². The Kier molecular flexibility index (Phi) is 1.86. The van der Waals surface area contributed by atoms with Gasteiger partial charge < -0.3 is 4.57 Å². The van der Waals surface area contributed by atoms with Gasteiger partial charge in [-0.25, -0.2) is 4.98 Å². The molecule has 1 aromatic heterocycles. The first-order valence-electron chi connectivity index (χ1n) is 4.59. The summed E-state index contributed by atoms with van der Waals surface area (Å²) < 4.78 is 3.20. The minimum absolute atomic E-state index is 0.571. The molecule has 1 heterocycles. The molecule has 0 saturated heterocycles. The molecule has 0 N–H and O–H groups in total. The van der Waals surface area contributed by atoms with Gasteiger partial charge in [-0.15, -0.1) is 0 Å². The number of aromatic nitrogens is 2. The second kappa shape index (κ2) is 2.97. The average molecular weight is 272 g/mol. The lowest BCUT2D eigenvalue weighted by Gasteiger charge is -2.02. The van der Waals surface area contributed by atoms with E-state index in [9.17, 15) is 0 Å². The zero-order chi connectivity index (χ0) is 9.71. The Morgan fingerprint density at radius 3 is 2.93 bits per heavy atom. The highest BCUT2D eigenvalue weighted by Crippen LogP contribution is 2.40. The first kappa shape index (κ1) is 8.74. The van der Waals surface area contributed by atoms with E-state index in [1.165, 1.54) is 12.8 Å². The average Bonchev–Trinajstić information content (AvgIpc) is 2.90. The summed E-state index contributed by atoms with van der Waals surface area (Å²) in [5.41, 5.74) is 2.11. The van der Waals surface area contributed by atoms with Crippen molar-refractivity contribution in [2.75, 3.05) is 0 Å². The highest BCUT2D eigenvalue weighted by atomic mass is 79.9. The first-order chi connectivity index (χ1) is 6.75. The molecule has 72 valence electrons. The van der Waals surface area contributed by atoms with Crippen molar-refractivity contribution in [3.05, 3.63) is 28.0 Å². The Morgan fingerprint density at radius 2 is 2.21 bits per heavy atom. The van der Waals surface area contributed by atoms with Crippen molar-refractivity contribution in [3.63, 3.8) is 0 Å². The maximum atomic E-state index is 6.09. The van der Waals surface area contributed by atoms with Crippen LogP contribution in [0.2, 0.25) is 5.28 Å². The number of hydrogen-bond acceptors (Lipinski definition) is 1. The molecule has 1 aliphatic rings. The SMILES string of the molecule is Clc1nc2ccc(Br)cc2n1C1CC1. The molecule has 0 unspecified atom stereocenters.